The Morgan fingerprint density at radius 3 is 2.78 bits per heavy atom. The molecule has 1 N–H and O–H groups in total. The van der Waals surface area contributed by atoms with Crippen molar-refractivity contribution in [2.24, 2.45) is 0 Å². The van der Waals surface area contributed by atoms with Gasteiger partial charge < -0.3 is 19.5 Å². The molecule has 1 atom stereocenters. The van der Waals surface area contributed by atoms with Crippen LogP contribution in [-0.4, -0.2) is 43.5 Å². The SMILES string of the molecule is COCC#CC(C)(C)NC(=O)CC(OC)Oc1cncc(Cl)c1. The van der Waals surface area contributed by atoms with Crippen LogP contribution in [-0.2, 0) is 14.3 Å². The van der Waals surface area contributed by atoms with Crippen LogP contribution >= 0.6 is 11.6 Å². The first-order chi connectivity index (χ1) is 10.9. The van der Waals surface area contributed by atoms with E-state index in [0.717, 1.165) is 0 Å². The lowest BCUT2D eigenvalue weighted by Crippen LogP contribution is -2.44. The van der Waals surface area contributed by atoms with Gasteiger partial charge in [0, 0.05) is 26.5 Å². The van der Waals surface area contributed by atoms with Gasteiger partial charge in [-0.2, -0.15) is 0 Å². The summed E-state index contributed by atoms with van der Waals surface area (Å²) >= 11 is 5.84. The van der Waals surface area contributed by atoms with Crippen LogP contribution in [0.25, 0.3) is 0 Å². The summed E-state index contributed by atoms with van der Waals surface area (Å²) in [5.41, 5.74) is -0.675. The average Bonchev–Trinajstić information content (AvgIpc) is 2.46. The molecule has 0 saturated heterocycles. The van der Waals surface area contributed by atoms with E-state index in [1.165, 1.54) is 19.5 Å². The highest BCUT2D eigenvalue weighted by Gasteiger charge is 2.21. The maximum absolute atomic E-state index is 12.1. The molecule has 1 rings (SSSR count). The molecule has 1 aromatic rings. The number of hydrogen-bond acceptors (Lipinski definition) is 5. The second kappa shape index (κ2) is 9.36. The number of amides is 1. The molecule has 0 aliphatic heterocycles. The van der Waals surface area contributed by atoms with Crippen molar-refractivity contribution in [3.05, 3.63) is 23.5 Å². The lowest BCUT2D eigenvalue weighted by molar-refractivity contribution is -0.131. The van der Waals surface area contributed by atoms with Crippen molar-refractivity contribution < 1.29 is 19.0 Å². The summed E-state index contributed by atoms with van der Waals surface area (Å²) < 4.78 is 15.6. The normalized spacial score (nSPS) is 12.0. The summed E-state index contributed by atoms with van der Waals surface area (Å²) in [5.74, 6) is 5.93. The van der Waals surface area contributed by atoms with E-state index in [1.54, 1.807) is 27.0 Å². The molecule has 126 valence electrons. The zero-order chi connectivity index (χ0) is 17.3. The van der Waals surface area contributed by atoms with Gasteiger partial charge in [0.2, 0.25) is 12.2 Å². The molecule has 7 heteroatoms. The highest BCUT2D eigenvalue weighted by Crippen LogP contribution is 2.17. The van der Waals surface area contributed by atoms with Crippen LogP contribution in [0.15, 0.2) is 18.5 Å². The summed E-state index contributed by atoms with van der Waals surface area (Å²) in [5, 5.41) is 3.25. The third-order valence-corrected chi connectivity index (χ3v) is 2.84. The van der Waals surface area contributed by atoms with Crippen molar-refractivity contribution in [3.8, 4) is 17.6 Å². The van der Waals surface area contributed by atoms with E-state index in [1.807, 2.05) is 0 Å². The molecule has 0 bridgehead atoms. The molecular weight excluding hydrogens is 320 g/mol. The minimum Gasteiger partial charge on any atom is -0.463 e. The predicted octanol–water partition coefficient (Wildman–Crippen LogP) is 2.02. The van der Waals surface area contributed by atoms with Crippen molar-refractivity contribution in [3.63, 3.8) is 0 Å². The second-order valence-electron chi connectivity index (χ2n) is 5.23. The highest BCUT2D eigenvalue weighted by atomic mass is 35.5. The van der Waals surface area contributed by atoms with Gasteiger partial charge in [0.15, 0.2) is 0 Å². The van der Waals surface area contributed by atoms with E-state index < -0.39 is 11.8 Å². The van der Waals surface area contributed by atoms with Gasteiger partial charge in [-0.15, -0.1) is 0 Å². The van der Waals surface area contributed by atoms with E-state index >= 15 is 0 Å². The van der Waals surface area contributed by atoms with Gasteiger partial charge in [0.1, 0.15) is 12.4 Å². The number of carbonyl (C=O) groups is 1. The van der Waals surface area contributed by atoms with Crippen molar-refractivity contribution in [2.75, 3.05) is 20.8 Å². The maximum Gasteiger partial charge on any atom is 0.227 e. The zero-order valence-corrected chi connectivity index (χ0v) is 14.4. The summed E-state index contributed by atoms with van der Waals surface area (Å²) in [6.45, 7) is 3.92. The van der Waals surface area contributed by atoms with Gasteiger partial charge in [-0.3, -0.25) is 9.78 Å². The molecule has 0 aromatic carbocycles. The molecule has 6 nitrogen and oxygen atoms in total. The van der Waals surface area contributed by atoms with Crippen LogP contribution in [0.2, 0.25) is 5.02 Å². The lowest BCUT2D eigenvalue weighted by atomic mass is 10.1. The quantitative estimate of drug-likeness (QED) is 0.607. The predicted molar refractivity (Wildman–Crippen MR) is 87.2 cm³/mol. The summed E-state index contributed by atoms with van der Waals surface area (Å²) in [7, 11) is 3.02. The third kappa shape index (κ3) is 7.84. The summed E-state index contributed by atoms with van der Waals surface area (Å²) in [6.07, 6.45) is 2.25. The average molecular weight is 341 g/mol. The molecular formula is C16H21ClN2O4. The molecule has 1 heterocycles. The summed E-state index contributed by atoms with van der Waals surface area (Å²) in [4.78, 5) is 16.0. The van der Waals surface area contributed by atoms with Crippen LogP contribution < -0.4 is 10.1 Å². The topological polar surface area (TPSA) is 69.7 Å². The van der Waals surface area contributed by atoms with E-state index in [4.69, 9.17) is 25.8 Å². The molecule has 1 amide bonds. The Hall–Kier alpha value is -1.81. The Kier molecular flexibility index (Phi) is 7.83. The van der Waals surface area contributed by atoms with Gasteiger partial charge in [0.05, 0.1) is 23.2 Å². The Balaban J connectivity index is 2.58. The van der Waals surface area contributed by atoms with Gasteiger partial charge in [-0.25, -0.2) is 0 Å². The third-order valence-electron chi connectivity index (χ3n) is 2.63. The molecule has 23 heavy (non-hydrogen) atoms. The number of pyridine rings is 1. The highest BCUT2D eigenvalue weighted by molar-refractivity contribution is 6.30. The Bertz CT molecular complexity index is 581. The number of hydrogen-bond donors (Lipinski definition) is 1. The number of methoxy groups -OCH3 is 2. The number of ether oxygens (including phenoxy) is 3. The molecule has 0 aliphatic rings. The number of nitrogens with one attached hydrogen (secondary N) is 1. The van der Waals surface area contributed by atoms with E-state index in [9.17, 15) is 4.79 Å². The van der Waals surface area contributed by atoms with E-state index in [2.05, 4.69) is 22.1 Å². The van der Waals surface area contributed by atoms with Gasteiger partial charge in [0.25, 0.3) is 0 Å². The Morgan fingerprint density at radius 2 is 2.17 bits per heavy atom. The summed E-state index contributed by atoms with van der Waals surface area (Å²) in [6, 6.07) is 1.60. The van der Waals surface area contributed by atoms with E-state index in [0.29, 0.717) is 17.4 Å². The molecule has 0 fully saturated rings. The van der Waals surface area contributed by atoms with Crippen LogP contribution in [0.1, 0.15) is 20.3 Å². The Morgan fingerprint density at radius 1 is 1.43 bits per heavy atom. The zero-order valence-electron chi connectivity index (χ0n) is 13.7. The molecule has 1 aromatic heterocycles. The monoisotopic (exact) mass is 340 g/mol. The fraction of sp³-hybridized carbons (Fsp3) is 0.500. The molecule has 0 spiro atoms. The standard InChI is InChI=1S/C16H21ClN2O4/c1-16(2,6-5-7-21-3)19-14(20)9-15(22-4)23-13-8-12(17)10-18-11-13/h8,10-11,15H,7,9H2,1-4H3,(H,19,20). The van der Waals surface area contributed by atoms with Crippen molar-refractivity contribution >= 4 is 17.5 Å². The number of aromatic nitrogens is 1. The van der Waals surface area contributed by atoms with Gasteiger partial charge in [-0.05, 0) is 13.8 Å². The minimum absolute atomic E-state index is 0.0123. The van der Waals surface area contributed by atoms with Crippen LogP contribution in [0.4, 0.5) is 0 Å². The van der Waals surface area contributed by atoms with Crippen LogP contribution in [0.3, 0.4) is 0 Å². The van der Waals surface area contributed by atoms with E-state index in [-0.39, 0.29) is 12.3 Å². The van der Waals surface area contributed by atoms with Crippen molar-refractivity contribution in [1.29, 1.82) is 0 Å². The first-order valence-corrected chi connectivity index (χ1v) is 7.34. The van der Waals surface area contributed by atoms with Crippen LogP contribution in [0, 0.1) is 11.8 Å². The smallest absolute Gasteiger partial charge is 0.227 e. The fourth-order valence-corrected chi connectivity index (χ4v) is 1.86. The molecule has 0 aliphatic carbocycles. The second-order valence-corrected chi connectivity index (χ2v) is 5.67. The van der Waals surface area contributed by atoms with Gasteiger partial charge in [-0.1, -0.05) is 23.4 Å². The van der Waals surface area contributed by atoms with Crippen molar-refractivity contribution in [2.45, 2.75) is 32.1 Å². The fourth-order valence-electron chi connectivity index (χ4n) is 1.69. The number of carbonyl (C=O) groups excluding carboxylic acids is 1. The maximum atomic E-state index is 12.1. The number of rotatable bonds is 7. The number of nitrogens with zero attached hydrogens (tertiary/aromatic N) is 1. The molecule has 0 saturated carbocycles. The largest absolute Gasteiger partial charge is 0.463 e. The van der Waals surface area contributed by atoms with Crippen LogP contribution in [0.5, 0.6) is 5.75 Å². The lowest BCUT2D eigenvalue weighted by Gasteiger charge is -2.22. The number of halogens is 1. The van der Waals surface area contributed by atoms with Gasteiger partial charge >= 0.3 is 0 Å². The molecule has 0 radical (unpaired) electrons. The first kappa shape index (κ1) is 19.2. The first-order valence-electron chi connectivity index (χ1n) is 6.96. The molecule has 1 unspecified atom stereocenters. The Labute approximate surface area is 141 Å². The minimum atomic E-state index is -0.752. The van der Waals surface area contributed by atoms with Crippen molar-refractivity contribution in [1.82, 2.24) is 10.3 Å².